The van der Waals surface area contributed by atoms with Gasteiger partial charge >= 0.3 is 0 Å². The average molecular weight is 276 g/mol. The Morgan fingerprint density at radius 1 is 1.16 bits per heavy atom. The Morgan fingerprint density at radius 3 is 2.63 bits per heavy atom. The maximum Gasteiger partial charge on any atom is 0.150 e. The molecule has 96 valence electrons. The van der Waals surface area contributed by atoms with E-state index in [1.807, 2.05) is 22.1 Å². The van der Waals surface area contributed by atoms with E-state index >= 15 is 0 Å². The third-order valence-electron chi connectivity index (χ3n) is 2.73. The molecule has 0 spiro atoms. The standard InChI is InChI=1S/C14H10F2N2S/c15-11-6-10(7-12(16)8-11)9-18-4-3-17-14(18)13-2-1-5-19-13/h1-8H,9H2. The lowest BCUT2D eigenvalue weighted by atomic mass is 10.2. The summed E-state index contributed by atoms with van der Waals surface area (Å²) in [5.41, 5.74) is 0.577. The molecular formula is C14H10F2N2S. The van der Waals surface area contributed by atoms with Crippen LogP contribution in [0.15, 0.2) is 48.1 Å². The van der Waals surface area contributed by atoms with Gasteiger partial charge in [-0.2, -0.15) is 0 Å². The second-order valence-corrected chi connectivity index (χ2v) is 5.08. The molecule has 2 nitrogen and oxygen atoms in total. The fourth-order valence-electron chi connectivity index (χ4n) is 1.97. The van der Waals surface area contributed by atoms with Crippen LogP contribution >= 0.6 is 11.3 Å². The van der Waals surface area contributed by atoms with E-state index < -0.39 is 11.6 Å². The van der Waals surface area contributed by atoms with Crippen LogP contribution in [0.2, 0.25) is 0 Å². The van der Waals surface area contributed by atoms with Crippen molar-refractivity contribution < 1.29 is 8.78 Å². The highest BCUT2D eigenvalue weighted by Gasteiger charge is 2.08. The highest BCUT2D eigenvalue weighted by molar-refractivity contribution is 7.13. The van der Waals surface area contributed by atoms with Crippen LogP contribution in [-0.4, -0.2) is 9.55 Å². The van der Waals surface area contributed by atoms with Crippen molar-refractivity contribution in [1.29, 1.82) is 0 Å². The first kappa shape index (κ1) is 12.0. The van der Waals surface area contributed by atoms with Crippen LogP contribution < -0.4 is 0 Å². The van der Waals surface area contributed by atoms with Gasteiger partial charge in [0.15, 0.2) is 0 Å². The van der Waals surface area contributed by atoms with Crippen molar-refractivity contribution in [2.75, 3.05) is 0 Å². The van der Waals surface area contributed by atoms with Crippen molar-refractivity contribution in [3.63, 3.8) is 0 Å². The van der Waals surface area contributed by atoms with Crippen LogP contribution in [0.25, 0.3) is 10.7 Å². The fraction of sp³-hybridized carbons (Fsp3) is 0.0714. The van der Waals surface area contributed by atoms with Crippen molar-refractivity contribution in [3.8, 4) is 10.7 Å². The molecule has 0 N–H and O–H groups in total. The lowest BCUT2D eigenvalue weighted by molar-refractivity contribution is 0.577. The summed E-state index contributed by atoms with van der Waals surface area (Å²) >= 11 is 1.58. The molecule has 19 heavy (non-hydrogen) atoms. The third-order valence-corrected chi connectivity index (χ3v) is 3.60. The first-order valence-electron chi connectivity index (χ1n) is 5.72. The van der Waals surface area contributed by atoms with Gasteiger partial charge in [0.25, 0.3) is 0 Å². The van der Waals surface area contributed by atoms with Gasteiger partial charge < -0.3 is 4.57 Å². The van der Waals surface area contributed by atoms with E-state index in [0.717, 1.165) is 16.8 Å². The van der Waals surface area contributed by atoms with E-state index in [1.54, 1.807) is 23.7 Å². The minimum Gasteiger partial charge on any atom is -0.326 e. The zero-order valence-electron chi connectivity index (χ0n) is 9.88. The lowest BCUT2D eigenvalue weighted by Gasteiger charge is -2.07. The molecule has 2 aromatic heterocycles. The number of imidazole rings is 1. The van der Waals surface area contributed by atoms with Gasteiger partial charge in [-0.15, -0.1) is 11.3 Å². The number of halogens is 2. The number of thiophene rings is 1. The predicted octanol–water partition coefficient (Wildman–Crippen LogP) is 3.94. The van der Waals surface area contributed by atoms with Crippen LogP contribution in [0.3, 0.4) is 0 Å². The minimum absolute atomic E-state index is 0.391. The van der Waals surface area contributed by atoms with Crippen LogP contribution in [0.5, 0.6) is 0 Å². The van der Waals surface area contributed by atoms with Crippen LogP contribution in [0.4, 0.5) is 8.78 Å². The molecule has 1 aromatic carbocycles. The van der Waals surface area contributed by atoms with Crippen LogP contribution in [-0.2, 0) is 6.54 Å². The predicted molar refractivity (Wildman–Crippen MR) is 71.0 cm³/mol. The molecule has 0 unspecified atom stereocenters. The summed E-state index contributed by atoms with van der Waals surface area (Å²) in [6.45, 7) is 0.391. The van der Waals surface area contributed by atoms with Gasteiger partial charge in [-0.3, -0.25) is 0 Å². The van der Waals surface area contributed by atoms with E-state index in [2.05, 4.69) is 4.98 Å². The summed E-state index contributed by atoms with van der Waals surface area (Å²) in [7, 11) is 0. The molecule has 3 aromatic rings. The Labute approximate surface area is 113 Å². The highest BCUT2D eigenvalue weighted by Crippen LogP contribution is 2.23. The van der Waals surface area contributed by atoms with Crippen LogP contribution in [0, 0.1) is 11.6 Å². The Kier molecular flexibility index (Phi) is 3.13. The Bertz CT molecular complexity index is 669. The number of benzene rings is 1. The number of hydrogen-bond acceptors (Lipinski definition) is 2. The van der Waals surface area contributed by atoms with Gasteiger partial charge in [-0.1, -0.05) is 6.07 Å². The first-order chi connectivity index (χ1) is 9.22. The maximum absolute atomic E-state index is 13.2. The summed E-state index contributed by atoms with van der Waals surface area (Å²) in [6.07, 6.45) is 3.49. The topological polar surface area (TPSA) is 17.8 Å². The van der Waals surface area contributed by atoms with E-state index in [4.69, 9.17) is 0 Å². The zero-order chi connectivity index (χ0) is 13.2. The molecule has 2 heterocycles. The molecule has 0 radical (unpaired) electrons. The molecule has 0 saturated carbocycles. The van der Waals surface area contributed by atoms with Gasteiger partial charge in [0.2, 0.25) is 0 Å². The minimum atomic E-state index is -0.562. The largest absolute Gasteiger partial charge is 0.326 e. The quantitative estimate of drug-likeness (QED) is 0.708. The maximum atomic E-state index is 13.2. The number of rotatable bonds is 3. The van der Waals surface area contributed by atoms with Gasteiger partial charge in [-0.05, 0) is 29.1 Å². The molecule has 0 saturated heterocycles. The normalized spacial score (nSPS) is 10.8. The van der Waals surface area contributed by atoms with Crippen molar-refractivity contribution in [2.24, 2.45) is 0 Å². The molecular weight excluding hydrogens is 266 g/mol. The second kappa shape index (κ2) is 4.93. The van der Waals surface area contributed by atoms with E-state index in [0.29, 0.717) is 12.1 Å². The smallest absolute Gasteiger partial charge is 0.150 e. The fourth-order valence-corrected chi connectivity index (χ4v) is 2.70. The van der Waals surface area contributed by atoms with Crippen molar-refractivity contribution in [1.82, 2.24) is 9.55 Å². The van der Waals surface area contributed by atoms with E-state index in [-0.39, 0.29) is 0 Å². The van der Waals surface area contributed by atoms with Gasteiger partial charge in [0, 0.05) is 25.0 Å². The molecule has 5 heteroatoms. The lowest BCUT2D eigenvalue weighted by Crippen LogP contribution is -2.01. The summed E-state index contributed by atoms with van der Waals surface area (Å²) in [4.78, 5) is 5.32. The molecule has 0 aliphatic heterocycles. The average Bonchev–Trinajstić information content (AvgIpc) is 2.96. The number of aromatic nitrogens is 2. The Balaban J connectivity index is 1.94. The highest BCUT2D eigenvalue weighted by atomic mass is 32.1. The summed E-state index contributed by atoms with van der Waals surface area (Å²) in [5.74, 6) is -0.319. The molecule has 3 rings (SSSR count). The molecule has 0 atom stereocenters. The summed E-state index contributed by atoms with van der Waals surface area (Å²) in [6, 6.07) is 7.46. The Hall–Kier alpha value is -2.01. The van der Waals surface area contributed by atoms with Gasteiger partial charge in [0.05, 0.1) is 4.88 Å². The van der Waals surface area contributed by atoms with Crippen LogP contribution in [0.1, 0.15) is 5.56 Å². The number of nitrogens with zero attached hydrogens (tertiary/aromatic N) is 2. The summed E-state index contributed by atoms with van der Waals surface area (Å²) in [5, 5.41) is 1.97. The van der Waals surface area contributed by atoms with Crippen molar-refractivity contribution >= 4 is 11.3 Å². The summed E-state index contributed by atoms with van der Waals surface area (Å²) < 4.78 is 28.2. The first-order valence-corrected chi connectivity index (χ1v) is 6.60. The van der Waals surface area contributed by atoms with Gasteiger partial charge in [-0.25, -0.2) is 13.8 Å². The molecule has 0 aliphatic rings. The molecule has 0 fully saturated rings. The molecule has 0 bridgehead atoms. The van der Waals surface area contributed by atoms with E-state index in [9.17, 15) is 8.78 Å². The third kappa shape index (κ3) is 2.56. The number of hydrogen-bond donors (Lipinski definition) is 0. The Morgan fingerprint density at radius 2 is 1.95 bits per heavy atom. The zero-order valence-corrected chi connectivity index (χ0v) is 10.7. The monoisotopic (exact) mass is 276 g/mol. The molecule has 0 aliphatic carbocycles. The van der Waals surface area contributed by atoms with E-state index in [1.165, 1.54) is 12.1 Å². The molecule has 0 amide bonds. The SMILES string of the molecule is Fc1cc(F)cc(Cn2ccnc2-c2cccs2)c1. The van der Waals surface area contributed by atoms with Crippen molar-refractivity contribution in [3.05, 3.63) is 65.3 Å². The van der Waals surface area contributed by atoms with Crippen molar-refractivity contribution in [2.45, 2.75) is 6.54 Å². The second-order valence-electron chi connectivity index (χ2n) is 4.13. The van der Waals surface area contributed by atoms with Gasteiger partial charge in [0.1, 0.15) is 17.5 Å².